The summed E-state index contributed by atoms with van der Waals surface area (Å²) in [6.07, 6.45) is 1.49. The van der Waals surface area contributed by atoms with Gasteiger partial charge in [-0.05, 0) is 42.3 Å². The lowest BCUT2D eigenvalue weighted by Crippen LogP contribution is -2.43. The normalized spacial score (nSPS) is 12.1. The minimum absolute atomic E-state index is 0.0866. The number of rotatable bonds is 6. The molecule has 9 nitrogen and oxygen atoms in total. The zero-order chi connectivity index (χ0) is 23.7. The van der Waals surface area contributed by atoms with Crippen LogP contribution < -0.4 is 26.0 Å². The number of nitrogens with one attached hydrogen (secondary N) is 1. The van der Waals surface area contributed by atoms with Crippen LogP contribution in [0.25, 0.3) is 11.0 Å². The molecule has 34 heavy (non-hydrogen) atoms. The molecule has 0 radical (unpaired) electrons. The Labute approximate surface area is 194 Å². The van der Waals surface area contributed by atoms with Gasteiger partial charge in [0.25, 0.3) is 5.56 Å². The number of nitrogens with zero attached hydrogens (tertiary/aromatic N) is 3. The number of ether oxygens (including phenoxy) is 2. The second kappa shape index (κ2) is 8.86. The van der Waals surface area contributed by atoms with Crippen molar-refractivity contribution in [2.75, 3.05) is 6.79 Å². The fraction of sp³-hybridized carbons (Fsp3) is 0.200. The molecule has 0 aliphatic carbocycles. The monoisotopic (exact) mass is 458 g/mol. The van der Waals surface area contributed by atoms with Gasteiger partial charge in [-0.15, -0.1) is 0 Å². The summed E-state index contributed by atoms with van der Waals surface area (Å²) >= 11 is 0. The van der Waals surface area contributed by atoms with Crippen LogP contribution in [0.15, 0.2) is 70.4 Å². The summed E-state index contributed by atoms with van der Waals surface area (Å²) in [5.74, 6) is 0.921. The molecule has 1 aliphatic rings. The molecule has 172 valence electrons. The van der Waals surface area contributed by atoms with Crippen LogP contribution in [0, 0.1) is 6.92 Å². The number of aryl methyl sites for hydroxylation is 1. The highest BCUT2D eigenvalue weighted by Crippen LogP contribution is 2.32. The van der Waals surface area contributed by atoms with Crippen molar-refractivity contribution < 1.29 is 14.3 Å². The van der Waals surface area contributed by atoms with Crippen molar-refractivity contribution >= 4 is 16.9 Å². The molecule has 4 aromatic rings. The van der Waals surface area contributed by atoms with E-state index in [-0.39, 0.29) is 37.9 Å². The van der Waals surface area contributed by atoms with Crippen LogP contribution in [-0.2, 0) is 24.4 Å². The Kier molecular flexibility index (Phi) is 5.59. The molecular weight excluding hydrogens is 436 g/mol. The Balaban J connectivity index is 1.42. The van der Waals surface area contributed by atoms with Crippen LogP contribution in [0.3, 0.4) is 0 Å². The first kappa shape index (κ1) is 21.4. The zero-order valence-electron chi connectivity index (χ0n) is 18.5. The van der Waals surface area contributed by atoms with Gasteiger partial charge in [-0.25, -0.2) is 9.78 Å². The molecule has 3 heterocycles. The van der Waals surface area contributed by atoms with Gasteiger partial charge in [-0.1, -0.05) is 35.9 Å². The number of carbonyl (C=O) groups is 1. The predicted molar refractivity (Wildman–Crippen MR) is 125 cm³/mol. The molecular formula is C25H22N4O5. The molecule has 1 aliphatic heterocycles. The second-order valence-electron chi connectivity index (χ2n) is 8.08. The van der Waals surface area contributed by atoms with Crippen LogP contribution in [0.5, 0.6) is 11.5 Å². The molecule has 1 N–H and O–H groups in total. The van der Waals surface area contributed by atoms with Gasteiger partial charge in [0.05, 0.1) is 12.1 Å². The summed E-state index contributed by atoms with van der Waals surface area (Å²) in [6, 6.07) is 16.2. The number of carbonyl (C=O) groups excluding carboxylic acids is 1. The number of hydrogen-bond acceptors (Lipinski definition) is 6. The highest BCUT2D eigenvalue weighted by molar-refractivity contribution is 5.79. The zero-order valence-corrected chi connectivity index (χ0v) is 18.5. The maximum absolute atomic E-state index is 13.3. The molecule has 1 amide bonds. The van der Waals surface area contributed by atoms with Crippen molar-refractivity contribution in [1.29, 1.82) is 0 Å². The number of fused-ring (bicyclic) bond motifs is 2. The van der Waals surface area contributed by atoms with Crippen LogP contribution >= 0.6 is 0 Å². The number of aromatic nitrogens is 3. The third-order valence-corrected chi connectivity index (χ3v) is 5.68. The van der Waals surface area contributed by atoms with E-state index in [1.165, 1.54) is 10.8 Å². The molecule has 2 aromatic heterocycles. The SMILES string of the molecule is Cc1ccc(Cn2c(=O)c3ncccc3n(CC(=O)NCc3ccc4c(c3)OCO4)c2=O)cc1. The lowest BCUT2D eigenvalue weighted by atomic mass is 10.1. The summed E-state index contributed by atoms with van der Waals surface area (Å²) in [7, 11) is 0. The third kappa shape index (κ3) is 4.15. The Morgan fingerprint density at radius 2 is 1.76 bits per heavy atom. The molecule has 0 saturated heterocycles. The van der Waals surface area contributed by atoms with E-state index in [0.29, 0.717) is 17.0 Å². The number of hydrogen-bond donors (Lipinski definition) is 1. The van der Waals surface area contributed by atoms with E-state index in [4.69, 9.17) is 9.47 Å². The first-order valence-corrected chi connectivity index (χ1v) is 10.8. The molecule has 5 rings (SSSR count). The molecule has 0 saturated carbocycles. The van der Waals surface area contributed by atoms with E-state index >= 15 is 0 Å². The first-order chi connectivity index (χ1) is 16.5. The molecule has 0 spiro atoms. The average Bonchev–Trinajstić information content (AvgIpc) is 3.32. The molecule has 9 heteroatoms. The van der Waals surface area contributed by atoms with Gasteiger partial charge in [0.1, 0.15) is 6.54 Å². The van der Waals surface area contributed by atoms with Gasteiger partial charge < -0.3 is 14.8 Å². The summed E-state index contributed by atoms with van der Waals surface area (Å²) in [5, 5.41) is 2.82. The number of benzene rings is 2. The summed E-state index contributed by atoms with van der Waals surface area (Å²) < 4.78 is 13.1. The lowest BCUT2D eigenvalue weighted by Gasteiger charge is -2.14. The van der Waals surface area contributed by atoms with E-state index in [9.17, 15) is 14.4 Å². The maximum Gasteiger partial charge on any atom is 0.332 e. The van der Waals surface area contributed by atoms with Crippen LogP contribution in [0.4, 0.5) is 0 Å². The van der Waals surface area contributed by atoms with Gasteiger partial charge in [-0.3, -0.25) is 18.7 Å². The standard InChI is InChI=1S/C25H22N4O5/c1-16-4-6-17(7-5-16)13-29-24(31)23-19(3-2-10-26-23)28(25(29)32)14-22(30)27-12-18-8-9-20-21(11-18)34-15-33-20/h2-11H,12-15H2,1H3,(H,27,30). The van der Waals surface area contributed by atoms with Gasteiger partial charge in [-0.2, -0.15) is 0 Å². The number of amides is 1. The van der Waals surface area contributed by atoms with Crippen molar-refractivity contribution in [3.63, 3.8) is 0 Å². The predicted octanol–water partition coefficient (Wildman–Crippen LogP) is 1.96. The highest BCUT2D eigenvalue weighted by atomic mass is 16.7. The minimum atomic E-state index is -0.565. The molecule has 0 bridgehead atoms. The van der Waals surface area contributed by atoms with Crippen LogP contribution in [0.1, 0.15) is 16.7 Å². The average molecular weight is 458 g/mol. The Hall–Kier alpha value is -4.40. The molecule has 0 atom stereocenters. The van der Waals surface area contributed by atoms with E-state index in [1.807, 2.05) is 37.3 Å². The van der Waals surface area contributed by atoms with Gasteiger partial charge in [0, 0.05) is 12.7 Å². The van der Waals surface area contributed by atoms with Crippen molar-refractivity contribution in [3.05, 3.63) is 98.3 Å². The number of pyridine rings is 1. The Bertz CT molecular complexity index is 1510. The van der Waals surface area contributed by atoms with Gasteiger partial charge >= 0.3 is 5.69 Å². The van der Waals surface area contributed by atoms with Crippen molar-refractivity contribution in [1.82, 2.24) is 19.4 Å². The Morgan fingerprint density at radius 1 is 1.00 bits per heavy atom. The quantitative estimate of drug-likeness (QED) is 0.474. The first-order valence-electron chi connectivity index (χ1n) is 10.8. The third-order valence-electron chi connectivity index (χ3n) is 5.68. The van der Waals surface area contributed by atoms with Crippen molar-refractivity contribution in [2.24, 2.45) is 0 Å². The smallest absolute Gasteiger partial charge is 0.332 e. The molecule has 0 fully saturated rings. The molecule has 2 aromatic carbocycles. The van der Waals surface area contributed by atoms with Crippen LogP contribution in [0.2, 0.25) is 0 Å². The van der Waals surface area contributed by atoms with E-state index in [2.05, 4.69) is 10.3 Å². The molecule has 0 unspecified atom stereocenters. The summed E-state index contributed by atoms with van der Waals surface area (Å²) in [4.78, 5) is 43.3. The van der Waals surface area contributed by atoms with Gasteiger partial charge in [0.15, 0.2) is 17.0 Å². The van der Waals surface area contributed by atoms with E-state index in [1.54, 1.807) is 24.3 Å². The van der Waals surface area contributed by atoms with E-state index in [0.717, 1.165) is 21.3 Å². The highest BCUT2D eigenvalue weighted by Gasteiger charge is 2.17. The fourth-order valence-corrected chi connectivity index (χ4v) is 3.86. The second-order valence-corrected chi connectivity index (χ2v) is 8.08. The van der Waals surface area contributed by atoms with E-state index < -0.39 is 11.2 Å². The van der Waals surface area contributed by atoms with Gasteiger partial charge in [0.2, 0.25) is 12.7 Å². The summed E-state index contributed by atoms with van der Waals surface area (Å²) in [6.45, 7) is 2.23. The maximum atomic E-state index is 13.3. The fourth-order valence-electron chi connectivity index (χ4n) is 3.86. The van der Waals surface area contributed by atoms with Crippen molar-refractivity contribution in [2.45, 2.75) is 26.6 Å². The topological polar surface area (TPSA) is 104 Å². The van der Waals surface area contributed by atoms with Crippen molar-refractivity contribution in [3.8, 4) is 11.5 Å². The van der Waals surface area contributed by atoms with Crippen LogP contribution in [-0.4, -0.2) is 26.8 Å². The summed E-state index contributed by atoms with van der Waals surface area (Å²) in [5.41, 5.74) is 2.11. The largest absolute Gasteiger partial charge is 0.454 e. The Morgan fingerprint density at radius 3 is 2.59 bits per heavy atom. The lowest BCUT2D eigenvalue weighted by molar-refractivity contribution is -0.121. The minimum Gasteiger partial charge on any atom is -0.454 e.